The Bertz CT molecular complexity index is 1090. The second-order valence-electron chi connectivity index (χ2n) is 12.0. The predicted molar refractivity (Wildman–Crippen MR) is 189 cm³/mol. The molecule has 0 unspecified atom stereocenters. The average molecular weight is 657 g/mol. The van der Waals surface area contributed by atoms with E-state index >= 15 is 0 Å². The summed E-state index contributed by atoms with van der Waals surface area (Å²) in [5.74, 6) is -2.04. The van der Waals surface area contributed by atoms with Gasteiger partial charge >= 0.3 is 23.9 Å². The molecule has 0 N–H and O–H groups in total. The van der Waals surface area contributed by atoms with Crippen molar-refractivity contribution in [2.24, 2.45) is 0 Å². The Morgan fingerprint density at radius 2 is 0.830 bits per heavy atom. The number of carbonyl (C=O) groups is 4. The Hall–Kier alpha value is -3.68. The number of benzene rings is 1. The fraction of sp³-hybridized carbons (Fsp3) is 0.590. The van der Waals surface area contributed by atoms with E-state index < -0.39 is 17.9 Å². The van der Waals surface area contributed by atoms with Crippen LogP contribution in [0.3, 0.4) is 0 Å². The minimum atomic E-state index is -0.653. The van der Waals surface area contributed by atoms with Gasteiger partial charge in [-0.25, -0.2) is 19.2 Å². The van der Waals surface area contributed by atoms with Gasteiger partial charge < -0.3 is 18.9 Å². The minimum absolute atomic E-state index is 0.0523. The zero-order valence-corrected chi connectivity index (χ0v) is 29.8. The van der Waals surface area contributed by atoms with Crippen LogP contribution in [0, 0.1) is 0 Å². The summed E-state index contributed by atoms with van der Waals surface area (Å²) in [6.07, 6.45) is 19.4. The third kappa shape index (κ3) is 23.3. The SMILES string of the molecule is C=C(C)C(=O)OCCCCCCCCCCCC.C=C(C)C(=O)Oc1cc(OC(=O)C(=C)C)cc(C(=O)OCCCCCCCC)c1. The Labute approximate surface area is 284 Å². The summed E-state index contributed by atoms with van der Waals surface area (Å²) in [7, 11) is 0. The number of ether oxygens (including phenoxy) is 4. The largest absolute Gasteiger partial charge is 0.462 e. The van der Waals surface area contributed by atoms with E-state index in [9.17, 15) is 19.2 Å². The molecule has 0 aliphatic rings. The highest BCUT2D eigenvalue weighted by atomic mass is 16.6. The molecule has 0 spiro atoms. The van der Waals surface area contributed by atoms with Crippen molar-refractivity contribution in [1.82, 2.24) is 0 Å². The first-order valence-corrected chi connectivity index (χ1v) is 17.3. The molecule has 8 nitrogen and oxygen atoms in total. The molecular weight excluding hydrogens is 596 g/mol. The third-order valence-corrected chi connectivity index (χ3v) is 7.04. The van der Waals surface area contributed by atoms with E-state index in [1.165, 1.54) is 109 Å². The number of esters is 4. The monoisotopic (exact) mass is 656 g/mol. The van der Waals surface area contributed by atoms with Gasteiger partial charge in [0, 0.05) is 22.8 Å². The molecule has 0 aromatic heterocycles. The number of hydrogen-bond donors (Lipinski definition) is 0. The van der Waals surface area contributed by atoms with Crippen molar-refractivity contribution in [2.45, 2.75) is 137 Å². The minimum Gasteiger partial charge on any atom is -0.462 e. The predicted octanol–water partition coefficient (Wildman–Crippen LogP) is 10.2. The van der Waals surface area contributed by atoms with Crippen LogP contribution >= 0.6 is 0 Å². The smallest absolute Gasteiger partial charge is 0.338 e. The zero-order chi connectivity index (χ0) is 35.5. The van der Waals surface area contributed by atoms with Crippen LogP contribution in [-0.2, 0) is 23.9 Å². The molecule has 0 radical (unpaired) electrons. The maximum Gasteiger partial charge on any atom is 0.338 e. The van der Waals surface area contributed by atoms with Crippen LogP contribution in [-0.4, -0.2) is 37.1 Å². The maximum absolute atomic E-state index is 12.4. The van der Waals surface area contributed by atoms with Crippen molar-refractivity contribution in [1.29, 1.82) is 0 Å². The molecule has 0 aliphatic heterocycles. The first-order valence-electron chi connectivity index (χ1n) is 17.3. The molecule has 0 saturated carbocycles. The summed E-state index contributed by atoms with van der Waals surface area (Å²) < 4.78 is 20.7. The second kappa shape index (κ2) is 27.4. The molecule has 8 heteroatoms. The lowest BCUT2D eigenvalue weighted by atomic mass is 10.1. The van der Waals surface area contributed by atoms with Gasteiger partial charge in [0.2, 0.25) is 0 Å². The van der Waals surface area contributed by atoms with Crippen LogP contribution in [0.5, 0.6) is 11.5 Å². The summed E-state index contributed by atoms with van der Waals surface area (Å²) in [5.41, 5.74) is 0.998. The number of unbranched alkanes of at least 4 members (excludes halogenated alkanes) is 14. The lowest BCUT2D eigenvalue weighted by molar-refractivity contribution is -0.139. The molecule has 1 rings (SSSR count). The molecule has 47 heavy (non-hydrogen) atoms. The third-order valence-electron chi connectivity index (χ3n) is 7.04. The van der Waals surface area contributed by atoms with Crippen molar-refractivity contribution >= 4 is 23.9 Å². The van der Waals surface area contributed by atoms with E-state index in [2.05, 4.69) is 33.6 Å². The van der Waals surface area contributed by atoms with Crippen LogP contribution in [0.1, 0.15) is 148 Å². The standard InChI is InChI=1S/C23H30O6.C16H30O2/c1-6-7-8-9-10-11-12-27-23(26)18-13-19(28-21(24)16(2)3)15-20(14-18)29-22(25)17(4)5;1-4-5-6-7-8-9-10-11-12-13-14-18-16(17)15(2)3/h13-15H,2,4,6-12H2,1,3,5H3;2,4-14H2,1,3H3. The topological polar surface area (TPSA) is 105 Å². The van der Waals surface area contributed by atoms with Crippen LogP contribution in [0.15, 0.2) is 54.7 Å². The van der Waals surface area contributed by atoms with Crippen LogP contribution < -0.4 is 9.47 Å². The quantitative estimate of drug-likeness (QED) is 0.0468. The normalized spacial score (nSPS) is 10.2. The molecule has 0 fully saturated rings. The molecule has 264 valence electrons. The Balaban J connectivity index is 0.00000101. The lowest BCUT2D eigenvalue weighted by Crippen LogP contribution is -2.12. The van der Waals surface area contributed by atoms with Crippen LogP contribution in [0.25, 0.3) is 0 Å². The second-order valence-corrected chi connectivity index (χ2v) is 12.0. The first kappa shape index (κ1) is 43.3. The zero-order valence-electron chi connectivity index (χ0n) is 29.8. The van der Waals surface area contributed by atoms with E-state index in [1.54, 1.807) is 6.92 Å². The summed E-state index contributed by atoms with van der Waals surface area (Å²) >= 11 is 0. The molecule has 0 heterocycles. The Kier molecular flexibility index (Phi) is 25.3. The van der Waals surface area contributed by atoms with Crippen LogP contribution in [0.2, 0.25) is 0 Å². The number of hydrogen-bond acceptors (Lipinski definition) is 8. The lowest BCUT2D eigenvalue weighted by Gasteiger charge is -2.11. The summed E-state index contributed by atoms with van der Waals surface area (Å²) in [4.78, 5) is 47.1. The van der Waals surface area contributed by atoms with Gasteiger partial charge in [-0.1, -0.05) is 123 Å². The fourth-order valence-corrected chi connectivity index (χ4v) is 4.20. The van der Waals surface area contributed by atoms with E-state index in [1.807, 2.05) is 0 Å². The maximum atomic E-state index is 12.4. The van der Waals surface area contributed by atoms with Crippen molar-refractivity contribution in [3.05, 3.63) is 60.2 Å². The van der Waals surface area contributed by atoms with E-state index in [0.717, 1.165) is 25.7 Å². The summed E-state index contributed by atoms with van der Waals surface area (Å²) in [5, 5.41) is 0. The number of carbonyl (C=O) groups excluding carboxylic acids is 4. The van der Waals surface area contributed by atoms with Crippen molar-refractivity contribution in [3.63, 3.8) is 0 Å². The van der Waals surface area contributed by atoms with Gasteiger partial charge in [0.15, 0.2) is 0 Å². The van der Waals surface area contributed by atoms with Crippen molar-refractivity contribution < 1.29 is 38.1 Å². The Morgan fingerprint density at radius 3 is 1.19 bits per heavy atom. The van der Waals surface area contributed by atoms with Gasteiger partial charge in [-0.05, 0) is 45.7 Å². The summed E-state index contributed by atoms with van der Waals surface area (Å²) in [6.45, 7) is 20.5. The molecular formula is C39H60O8. The number of rotatable bonds is 24. The average Bonchev–Trinajstić information content (AvgIpc) is 3.02. The highest BCUT2D eigenvalue weighted by Gasteiger charge is 2.16. The van der Waals surface area contributed by atoms with Gasteiger partial charge in [-0.2, -0.15) is 0 Å². The van der Waals surface area contributed by atoms with E-state index in [0.29, 0.717) is 18.8 Å². The molecule has 1 aromatic carbocycles. The molecule has 0 saturated heterocycles. The van der Waals surface area contributed by atoms with Gasteiger partial charge in [0.1, 0.15) is 11.5 Å². The van der Waals surface area contributed by atoms with Crippen LogP contribution in [0.4, 0.5) is 0 Å². The highest BCUT2D eigenvalue weighted by molar-refractivity contribution is 5.93. The Morgan fingerprint density at radius 1 is 0.489 bits per heavy atom. The summed E-state index contributed by atoms with van der Waals surface area (Å²) in [6, 6.07) is 4.07. The van der Waals surface area contributed by atoms with E-state index in [4.69, 9.17) is 18.9 Å². The first-order chi connectivity index (χ1) is 22.4. The van der Waals surface area contributed by atoms with E-state index in [-0.39, 0.29) is 34.2 Å². The molecule has 0 amide bonds. The van der Waals surface area contributed by atoms with Gasteiger partial charge in [0.05, 0.1) is 18.8 Å². The highest BCUT2D eigenvalue weighted by Crippen LogP contribution is 2.25. The van der Waals surface area contributed by atoms with Gasteiger partial charge in [-0.15, -0.1) is 0 Å². The molecule has 0 atom stereocenters. The molecule has 1 aromatic rings. The molecule has 0 aliphatic carbocycles. The van der Waals surface area contributed by atoms with Crippen molar-refractivity contribution in [2.75, 3.05) is 13.2 Å². The van der Waals surface area contributed by atoms with Gasteiger partial charge in [0.25, 0.3) is 0 Å². The molecule has 0 bridgehead atoms. The van der Waals surface area contributed by atoms with Gasteiger partial charge in [-0.3, -0.25) is 0 Å². The van der Waals surface area contributed by atoms with Crippen molar-refractivity contribution in [3.8, 4) is 11.5 Å². The fourth-order valence-electron chi connectivity index (χ4n) is 4.20.